The van der Waals surface area contributed by atoms with E-state index in [-0.39, 0.29) is 24.1 Å². The largest absolute Gasteiger partial charge is 0.462 e. The highest BCUT2D eigenvalue weighted by atomic mass is 19.1. The number of aryl methyl sites for hydroxylation is 1. The molecule has 0 saturated carbocycles. The normalized spacial score (nSPS) is 21.3. The monoisotopic (exact) mass is 250 g/mol. The SMILES string of the molecule is Cc1cc(F)cc(CB2OC(C)(C)C(C)(C)O2)c1. The molecule has 1 aromatic carbocycles. The van der Waals surface area contributed by atoms with Crippen LogP contribution in [0.5, 0.6) is 0 Å². The summed E-state index contributed by atoms with van der Waals surface area (Å²) in [6.45, 7) is 9.96. The minimum absolute atomic E-state index is 0.207. The van der Waals surface area contributed by atoms with Gasteiger partial charge < -0.3 is 9.31 Å². The van der Waals surface area contributed by atoms with E-state index in [1.807, 2.05) is 40.7 Å². The molecule has 1 saturated heterocycles. The van der Waals surface area contributed by atoms with E-state index < -0.39 is 0 Å². The maximum Gasteiger partial charge on any atom is 0.462 e. The molecule has 0 atom stereocenters. The Balaban J connectivity index is 2.12. The van der Waals surface area contributed by atoms with Gasteiger partial charge >= 0.3 is 7.12 Å². The third kappa shape index (κ3) is 2.60. The lowest BCUT2D eigenvalue weighted by Gasteiger charge is -2.32. The van der Waals surface area contributed by atoms with Crippen molar-refractivity contribution in [3.05, 3.63) is 35.1 Å². The predicted molar refractivity (Wildman–Crippen MR) is 70.9 cm³/mol. The zero-order chi connectivity index (χ0) is 13.6. The summed E-state index contributed by atoms with van der Waals surface area (Å²) in [6, 6.07) is 5.03. The molecule has 0 amide bonds. The van der Waals surface area contributed by atoms with Crippen LogP contribution in [0.2, 0.25) is 0 Å². The second kappa shape index (κ2) is 4.35. The quantitative estimate of drug-likeness (QED) is 0.749. The van der Waals surface area contributed by atoms with Crippen molar-refractivity contribution in [2.75, 3.05) is 0 Å². The smallest absolute Gasteiger partial charge is 0.403 e. The Kier molecular flexibility index (Phi) is 3.28. The third-order valence-corrected chi connectivity index (χ3v) is 3.81. The van der Waals surface area contributed by atoms with Crippen molar-refractivity contribution in [2.45, 2.75) is 52.1 Å². The van der Waals surface area contributed by atoms with Crippen molar-refractivity contribution in [3.8, 4) is 0 Å². The summed E-state index contributed by atoms with van der Waals surface area (Å²) in [5.74, 6) is -0.207. The molecule has 0 unspecified atom stereocenters. The summed E-state index contributed by atoms with van der Waals surface area (Å²) in [7, 11) is -0.309. The number of hydrogen-bond donors (Lipinski definition) is 0. The van der Waals surface area contributed by atoms with Crippen LogP contribution in [0, 0.1) is 12.7 Å². The van der Waals surface area contributed by atoms with Crippen molar-refractivity contribution in [3.63, 3.8) is 0 Å². The standard InChI is InChI=1S/C14H20BFO2/c1-10-6-11(8-12(16)7-10)9-15-17-13(2,3)14(4,5)18-15/h6-8H,9H2,1-5H3. The molecule has 2 rings (SSSR count). The van der Waals surface area contributed by atoms with E-state index in [0.29, 0.717) is 6.32 Å². The highest BCUT2D eigenvalue weighted by Gasteiger charge is 2.50. The summed E-state index contributed by atoms with van der Waals surface area (Å²) in [4.78, 5) is 0. The van der Waals surface area contributed by atoms with Gasteiger partial charge in [-0.3, -0.25) is 0 Å². The van der Waals surface area contributed by atoms with Crippen LogP contribution in [0.3, 0.4) is 0 Å². The summed E-state index contributed by atoms with van der Waals surface area (Å²) < 4.78 is 25.1. The molecule has 0 N–H and O–H groups in total. The van der Waals surface area contributed by atoms with Gasteiger partial charge in [-0.05, 0) is 57.9 Å². The zero-order valence-electron chi connectivity index (χ0n) is 11.7. The van der Waals surface area contributed by atoms with Crippen molar-refractivity contribution in [1.29, 1.82) is 0 Å². The lowest BCUT2D eigenvalue weighted by atomic mass is 9.80. The maximum atomic E-state index is 13.3. The van der Waals surface area contributed by atoms with E-state index in [4.69, 9.17) is 9.31 Å². The van der Waals surface area contributed by atoms with Crippen LogP contribution in [0.25, 0.3) is 0 Å². The fourth-order valence-corrected chi connectivity index (χ4v) is 2.17. The van der Waals surface area contributed by atoms with Crippen LogP contribution < -0.4 is 0 Å². The lowest BCUT2D eigenvalue weighted by Crippen LogP contribution is -2.41. The van der Waals surface area contributed by atoms with Crippen LogP contribution in [0.1, 0.15) is 38.8 Å². The number of halogens is 1. The first-order valence-electron chi connectivity index (χ1n) is 6.31. The average molecular weight is 250 g/mol. The van der Waals surface area contributed by atoms with Gasteiger partial charge in [0.1, 0.15) is 5.82 Å². The van der Waals surface area contributed by atoms with Crippen LogP contribution >= 0.6 is 0 Å². The van der Waals surface area contributed by atoms with Gasteiger partial charge in [0.15, 0.2) is 0 Å². The summed E-state index contributed by atoms with van der Waals surface area (Å²) >= 11 is 0. The van der Waals surface area contributed by atoms with Gasteiger partial charge in [0.2, 0.25) is 0 Å². The van der Waals surface area contributed by atoms with Crippen molar-refractivity contribution >= 4 is 7.12 Å². The molecule has 0 aromatic heterocycles. The van der Waals surface area contributed by atoms with Crippen LogP contribution in [0.15, 0.2) is 18.2 Å². The van der Waals surface area contributed by atoms with Crippen molar-refractivity contribution < 1.29 is 13.7 Å². The first-order chi connectivity index (χ1) is 8.19. The molecule has 98 valence electrons. The molecule has 0 radical (unpaired) electrons. The van der Waals surface area contributed by atoms with Crippen molar-refractivity contribution in [2.24, 2.45) is 0 Å². The zero-order valence-corrected chi connectivity index (χ0v) is 11.7. The number of rotatable bonds is 2. The Morgan fingerprint density at radius 1 is 1.06 bits per heavy atom. The molecule has 2 nitrogen and oxygen atoms in total. The second-order valence-corrected chi connectivity index (χ2v) is 6.03. The topological polar surface area (TPSA) is 18.5 Å². The van der Waals surface area contributed by atoms with Gasteiger partial charge in [0.05, 0.1) is 11.2 Å². The molecule has 18 heavy (non-hydrogen) atoms. The van der Waals surface area contributed by atoms with Crippen LogP contribution in [-0.4, -0.2) is 18.3 Å². The highest BCUT2D eigenvalue weighted by molar-refractivity contribution is 6.45. The van der Waals surface area contributed by atoms with Crippen LogP contribution in [-0.2, 0) is 15.6 Å². The number of benzene rings is 1. The Bertz CT molecular complexity index is 421. The molecule has 1 aliphatic heterocycles. The van der Waals surface area contributed by atoms with E-state index >= 15 is 0 Å². The van der Waals surface area contributed by atoms with Gasteiger partial charge in [0, 0.05) is 6.32 Å². The van der Waals surface area contributed by atoms with Crippen molar-refractivity contribution in [1.82, 2.24) is 0 Å². The first kappa shape index (κ1) is 13.6. The lowest BCUT2D eigenvalue weighted by molar-refractivity contribution is 0.00578. The fourth-order valence-electron chi connectivity index (χ4n) is 2.17. The van der Waals surface area contributed by atoms with Crippen LogP contribution in [0.4, 0.5) is 4.39 Å². The molecular weight excluding hydrogens is 230 g/mol. The minimum atomic E-state index is -0.333. The molecule has 1 fully saturated rings. The van der Waals surface area contributed by atoms with Gasteiger partial charge in [-0.15, -0.1) is 0 Å². The molecule has 0 aliphatic carbocycles. The molecule has 0 bridgehead atoms. The Morgan fingerprint density at radius 3 is 2.11 bits per heavy atom. The molecule has 1 aromatic rings. The Hall–Kier alpha value is -0.865. The first-order valence-corrected chi connectivity index (χ1v) is 6.31. The van der Waals surface area contributed by atoms with E-state index in [0.717, 1.165) is 11.1 Å². The maximum absolute atomic E-state index is 13.3. The Morgan fingerprint density at radius 2 is 1.61 bits per heavy atom. The second-order valence-electron chi connectivity index (χ2n) is 6.03. The number of hydrogen-bond acceptors (Lipinski definition) is 2. The predicted octanol–water partition coefficient (Wildman–Crippen LogP) is 3.31. The summed E-state index contributed by atoms with van der Waals surface area (Å²) in [5, 5.41) is 0. The van der Waals surface area contributed by atoms with Gasteiger partial charge in [-0.2, -0.15) is 0 Å². The molecule has 4 heteroatoms. The van der Waals surface area contributed by atoms with Gasteiger partial charge in [0.25, 0.3) is 0 Å². The molecule has 1 heterocycles. The molecule has 1 aliphatic rings. The van der Waals surface area contributed by atoms with E-state index in [2.05, 4.69) is 0 Å². The average Bonchev–Trinajstić information content (AvgIpc) is 2.31. The summed E-state index contributed by atoms with van der Waals surface area (Å²) in [6.07, 6.45) is 0.575. The molecular formula is C14H20BFO2. The van der Waals surface area contributed by atoms with E-state index in [9.17, 15) is 4.39 Å². The van der Waals surface area contributed by atoms with Gasteiger partial charge in [-0.25, -0.2) is 4.39 Å². The highest BCUT2D eigenvalue weighted by Crippen LogP contribution is 2.37. The minimum Gasteiger partial charge on any atom is -0.403 e. The van der Waals surface area contributed by atoms with Gasteiger partial charge in [-0.1, -0.05) is 6.07 Å². The van der Waals surface area contributed by atoms with E-state index in [1.54, 1.807) is 0 Å². The third-order valence-electron chi connectivity index (χ3n) is 3.81. The fraction of sp³-hybridized carbons (Fsp3) is 0.571. The molecule has 0 spiro atoms. The summed E-state index contributed by atoms with van der Waals surface area (Å²) in [5.41, 5.74) is 1.16. The Labute approximate surface area is 109 Å². The van der Waals surface area contributed by atoms with E-state index in [1.165, 1.54) is 12.1 Å².